The van der Waals surface area contributed by atoms with Gasteiger partial charge in [-0.3, -0.25) is 0 Å². The number of hydrogen-bond donors (Lipinski definition) is 5. The molecule has 1 aliphatic heterocycles. The predicted octanol–water partition coefficient (Wildman–Crippen LogP) is 1.44. The van der Waals surface area contributed by atoms with E-state index in [-0.39, 0.29) is 24.0 Å². The van der Waals surface area contributed by atoms with Crippen LogP contribution in [0.5, 0.6) is 5.75 Å². The summed E-state index contributed by atoms with van der Waals surface area (Å²) >= 11 is 6.14. The number of aromatic nitrogens is 1. The van der Waals surface area contributed by atoms with Crippen molar-refractivity contribution in [2.45, 2.75) is 26.8 Å². The van der Waals surface area contributed by atoms with Crippen LogP contribution in [-0.2, 0) is 11.1 Å². The van der Waals surface area contributed by atoms with Gasteiger partial charge in [0, 0.05) is 5.56 Å². The molecule has 0 radical (unpaired) electrons. The summed E-state index contributed by atoms with van der Waals surface area (Å²) in [5.74, 6) is 6.87. The molecular formula is C20H27ClN5O5P. The molecule has 1 aromatic rings. The van der Waals surface area contributed by atoms with Gasteiger partial charge in [0.25, 0.3) is 0 Å². The number of hydrogen-bond acceptors (Lipinski definition) is 9. The SMILES string of the molecule is C=C(N)/N=C1\C(=C(/N)Cl)C(C#CCCO[PH](O)(O)O)=CN1Cc1ncc(C)c(OC)c1C. The topological polar surface area (TPSA) is 160 Å². The molecule has 174 valence electrons. The maximum atomic E-state index is 8.88. The molecule has 0 amide bonds. The number of amidine groups is 1. The molecule has 0 saturated carbocycles. The minimum absolute atomic E-state index is 0.0389. The Labute approximate surface area is 192 Å². The molecule has 32 heavy (non-hydrogen) atoms. The fraction of sp³-hybridized carbons (Fsp3) is 0.300. The van der Waals surface area contributed by atoms with Gasteiger partial charge in [-0.2, -0.15) is 0 Å². The number of rotatable bonds is 7. The second kappa shape index (κ2) is 10.8. The minimum atomic E-state index is -4.57. The van der Waals surface area contributed by atoms with E-state index in [1.807, 2.05) is 13.8 Å². The summed E-state index contributed by atoms with van der Waals surface area (Å²) in [6.45, 7) is 7.59. The van der Waals surface area contributed by atoms with E-state index in [1.54, 1.807) is 24.4 Å². The van der Waals surface area contributed by atoms with Crippen LogP contribution in [-0.4, -0.2) is 44.1 Å². The molecule has 1 aromatic heterocycles. The summed E-state index contributed by atoms with van der Waals surface area (Å²) in [6, 6.07) is 0. The van der Waals surface area contributed by atoms with E-state index < -0.39 is 8.17 Å². The van der Waals surface area contributed by atoms with E-state index in [0.717, 1.165) is 22.6 Å². The zero-order chi connectivity index (χ0) is 24.1. The van der Waals surface area contributed by atoms with Crippen LogP contribution in [0.4, 0.5) is 0 Å². The zero-order valence-electron chi connectivity index (χ0n) is 18.0. The Morgan fingerprint density at radius 1 is 1.34 bits per heavy atom. The van der Waals surface area contributed by atoms with Gasteiger partial charge in [0.05, 0.1) is 7.11 Å². The Kier molecular flexibility index (Phi) is 8.64. The average molecular weight is 484 g/mol. The van der Waals surface area contributed by atoms with Crippen molar-refractivity contribution in [1.29, 1.82) is 0 Å². The third kappa shape index (κ3) is 6.68. The van der Waals surface area contributed by atoms with Gasteiger partial charge in [0.15, 0.2) is 0 Å². The Balaban J connectivity index is 2.40. The Morgan fingerprint density at radius 2 is 2.03 bits per heavy atom. The number of methoxy groups -OCH3 is 1. The molecular weight excluding hydrogens is 457 g/mol. The summed E-state index contributed by atoms with van der Waals surface area (Å²) in [5, 5.41) is -0.0389. The molecule has 1 aliphatic rings. The summed E-state index contributed by atoms with van der Waals surface area (Å²) in [4.78, 5) is 37.2. The molecule has 2 rings (SSSR count). The summed E-state index contributed by atoms with van der Waals surface area (Å²) in [5.41, 5.74) is 15.0. The van der Waals surface area contributed by atoms with Crippen LogP contribution in [0.3, 0.4) is 0 Å². The van der Waals surface area contributed by atoms with Crippen LogP contribution in [0.25, 0.3) is 0 Å². The van der Waals surface area contributed by atoms with Crippen molar-refractivity contribution in [2.24, 2.45) is 16.5 Å². The van der Waals surface area contributed by atoms with Crippen LogP contribution < -0.4 is 16.2 Å². The van der Waals surface area contributed by atoms with Crippen molar-refractivity contribution in [3.05, 3.63) is 57.9 Å². The van der Waals surface area contributed by atoms with Gasteiger partial charge < -0.3 is 4.74 Å². The fourth-order valence-electron chi connectivity index (χ4n) is 3.04. The standard InChI is InChI=1S/C20H27ClN5O5P/c1-12-9-24-16(13(2)18(12)30-4)11-26-10-15(7-5-6-8-31-32(27,28)29)17(19(21)23)20(26)25-14(3)22/h9-10,27-29,32H,3,6,8,11,22-23H2,1-2,4H3/b19-17-,25-20+. The summed E-state index contributed by atoms with van der Waals surface area (Å²) in [7, 11) is -2.97. The Morgan fingerprint density at radius 3 is 2.59 bits per heavy atom. The first kappa shape index (κ1) is 25.6. The molecule has 2 heterocycles. The van der Waals surface area contributed by atoms with Crippen LogP contribution in [0.1, 0.15) is 23.2 Å². The maximum absolute atomic E-state index is 8.88. The zero-order valence-corrected chi connectivity index (χ0v) is 19.8. The summed E-state index contributed by atoms with van der Waals surface area (Å²) in [6.07, 6.45) is 3.55. The van der Waals surface area contributed by atoms with Crippen molar-refractivity contribution in [3.63, 3.8) is 0 Å². The van der Waals surface area contributed by atoms with Gasteiger partial charge in [0.1, 0.15) is 0 Å². The van der Waals surface area contributed by atoms with E-state index in [2.05, 4.69) is 32.9 Å². The van der Waals surface area contributed by atoms with E-state index in [0.29, 0.717) is 23.5 Å². The van der Waals surface area contributed by atoms with Crippen LogP contribution in [0.2, 0.25) is 0 Å². The number of aliphatic imine (C=N–C) groups is 1. The first-order chi connectivity index (χ1) is 14.9. The third-order valence-electron chi connectivity index (χ3n) is 4.35. The Hall–Kier alpha value is -2.64. The van der Waals surface area contributed by atoms with Crippen LogP contribution >= 0.6 is 19.8 Å². The third-order valence-corrected chi connectivity index (χ3v) is 5.13. The molecule has 0 spiro atoms. The first-order valence-electron chi connectivity index (χ1n) is 9.41. The molecule has 10 nitrogen and oxygen atoms in total. The van der Waals surface area contributed by atoms with Gasteiger partial charge in [0.2, 0.25) is 0 Å². The van der Waals surface area contributed by atoms with E-state index in [9.17, 15) is 0 Å². The van der Waals surface area contributed by atoms with Crippen molar-refractivity contribution in [2.75, 3.05) is 13.7 Å². The molecule has 0 bridgehead atoms. The van der Waals surface area contributed by atoms with Gasteiger partial charge >= 0.3 is 168 Å². The molecule has 0 atom stereocenters. The molecule has 0 aromatic carbocycles. The first-order valence-corrected chi connectivity index (χ1v) is 11.5. The molecule has 0 fully saturated rings. The molecule has 0 saturated heterocycles. The summed E-state index contributed by atoms with van der Waals surface area (Å²) < 4.78 is 10.0. The van der Waals surface area contributed by atoms with E-state index in [1.165, 1.54) is 0 Å². The second-order valence-electron chi connectivity index (χ2n) is 6.84. The van der Waals surface area contributed by atoms with Gasteiger partial charge in [-0.15, -0.1) is 0 Å². The number of nitrogens with two attached hydrogens (primary N) is 2. The van der Waals surface area contributed by atoms with Crippen molar-refractivity contribution >= 4 is 25.6 Å². The van der Waals surface area contributed by atoms with Crippen molar-refractivity contribution < 1.29 is 23.9 Å². The van der Waals surface area contributed by atoms with Crippen LogP contribution in [0.15, 0.2) is 46.1 Å². The van der Waals surface area contributed by atoms with Gasteiger partial charge in [-0.25, -0.2) is 0 Å². The number of aryl methyl sites for hydroxylation is 1. The second-order valence-corrected chi connectivity index (χ2v) is 8.68. The number of halogens is 1. The predicted molar refractivity (Wildman–Crippen MR) is 125 cm³/mol. The number of nitrogens with zero attached hydrogens (tertiary/aromatic N) is 3. The monoisotopic (exact) mass is 483 g/mol. The fourth-order valence-corrected chi connectivity index (χ4v) is 3.60. The number of ether oxygens (including phenoxy) is 1. The normalized spacial score (nSPS) is 17.0. The number of pyridine rings is 1. The van der Waals surface area contributed by atoms with E-state index >= 15 is 0 Å². The quantitative estimate of drug-likeness (QED) is 0.167. The van der Waals surface area contributed by atoms with Gasteiger partial charge in [-0.05, 0) is 6.92 Å². The van der Waals surface area contributed by atoms with Crippen LogP contribution in [0, 0.1) is 25.7 Å². The molecule has 7 N–H and O–H groups in total. The Bertz CT molecular complexity index is 1050. The van der Waals surface area contributed by atoms with Gasteiger partial charge in [-0.1, -0.05) is 0 Å². The van der Waals surface area contributed by atoms with Crippen molar-refractivity contribution in [3.8, 4) is 17.6 Å². The molecule has 12 heteroatoms. The molecule has 0 aliphatic carbocycles. The van der Waals surface area contributed by atoms with E-state index in [4.69, 9.17) is 42.5 Å². The molecule has 0 unspecified atom stereocenters. The van der Waals surface area contributed by atoms with Crippen molar-refractivity contribution in [1.82, 2.24) is 9.88 Å². The average Bonchev–Trinajstić information content (AvgIpc) is 2.99.